The van der Waals surface area contributed by atoms with Gasteiger partial charge in [0.05, 0.1) is 17.3 Å². The van der Waals surface area contributed by atoms with E-state index in [1.807, 2.05) is 13.8 Å². The Balaban J connectivity index is 1.87. The van der Waals surface area contributed by atoms with Gasteiger partial charge in [-0.15, -0.1) is 11.3 Å². The number of aromatic nitrogens is 1. The Morgan fingerprint density at radius 3 is 2.89 bits per heavy atom. The van der Waals surface area contributed by atoms with Gasteiger partial charge in [-0.05, 0) is 33.2 Å². The lowest BCUT2D eigenvalue weighted by molar-refractivity contribution is -0.143. The maximum absolute atomic E-state index is 11.1. The summed E-state index contributed by atoms with van der Waals surface area (Å²) in [5, 5.41) is 6.66. The normalized spacial score (nSPS) is 10.6. The van der Waals surface area contributed by atoms with Gasteiger partial charge in [-0.25, -0.2) is 4.98 Å². The molecule has 1 heterocycles. The third-order valence-corrected chi connectivity index (χ3v) is 3.59. The molecular formula is C14H24N2O2S. The quantitative estimate of drug-likeness (QED) is 0.530. The van der Waals surface area contributed by atoms with Crippen LogP contribution in [0.2, 0.25) is 0 Å². The van der Waals surface area contributed by atoms with E-state index in [1.54, 1.807) is 11.3 Å². The zero-order valence-corrected chi connectivity index (χ0v) is 12.7. The number of nitrogens with one attached hydrogen (secondary N) is 1. The molecule has 0 atom stereocenters. The van der Waals surface area contributed by atoms with Gasteiger partial charge in [0, 0.05) is 24.8 Å². The van der Waals surface area contributed by atoms with Gasteiger partial charge in [0.25, 0.3) is 0 Å². The number of unbranched alkanes of at least 4 members (excludes halogenated alkanes) is 2. The summed E-state index contributed by atoms with van der Waals surface area (Å²) in [7, 11) is 0. The second-order valence-electron chi connectivity index (χ2n) is 4.47. The highest BCUT2D eigenvalue weighted by atomic mass is 32.1. The number of esters is 1. The number of nitrogens with zero attached hydrogens (tertiary/aromatic N) is 1. The predicted molar refractivity (Wildman–Crippen MR) is 78.5 cm³/mol. The number of aryl methyl sites for hydroxylation is 1. The summed E-state index contributed by atoms with van der Waals surface area (Å²) < 4.78 is 4.88. The van der Waals surface area contributed by atoms with E-state index >= 15 is 0 Å². The molecule has 0 aliphatic carbocycles. The molecule has 1 rings (SSSR count). The topological polar surface area (TPSA) is 51.2 Å². The third kappa shape index (κ3) is 7.95. The Morgan fingerprint density at radius 1 is 1.37 bits per heavy atom. The smallest absolute Gasteiger partial charge is 0.305 e. The number of hydrogen-bond donors (Lipinski definition) is 1. The van der Waals surface area contributed by atoms with Crippen molar-refractivity contribution in [1.82, 2.24) is 10.3 Å². The lowest BCUT2D eigenvalue weighted by Gasteiger charge is -2.04. The highest BCUT2D eigenvalue weighted by Gasteiger charge is 2.00. The zero-order valence-electron chi connectivity index (χ0n) is 11.9. The molecule has 108 valence electrons. The Labute approximate surface area is 119 Å². The Morgan fingerprint density at radius 2 is 2.21 bits per heavy atom. The van der Waals surface area contributed by atoms with E-state index in [9.17, 15) is 4.79 Å². The number of thiazole rings is 1. The molecule has 0 aromatic carbocycles. The molecule has 1 aromatic rings. The Kier molecular flexibility index (Phi) is 8.41. The zero-order chi connectivity index (χ0) is 13.9. The predicted octanol–water partition coefficient (Wildman–Crippen LogP) is 2.71. The van der Waals surface area contributed by atoms with Gasteiger partial charge in [0.15, 0.2) is 0 Å². The van der Waals surface area contributed by atoms with Crippen LogP contribution in [0.1, 0.15) is 43.3 Å². The molecule has 0 fully saturated rings. The summed E-state index contributed by atoms with van der Waals surface area (Å²) in [6, 6.07) is 0. The first-order valence-electron chi connectivity index (χ1n) is 6.99. The van der Waals surface area contributed by atoms with Crippen LogP contribution in [0.25, 0.3) is 0 Å². The van der Waals surface area contributed by atoms with Crippen molar-refractivity contribution in [3.05, 3.63) is 16.1 Å². The number of ether oxygens (including phenoxy) is 1. The van der Waals surface area contributed by atoms with E-state index in [0.717, 1.165) is 43.8 Å². The van der Waals surface area contributed by atoms with Gasteiger partial charge in [0.1, 0.15) is 0 Å². The minimum Gasteiger partial charge on any atom is -0.466 e. The summed E-state index contributed by atoms with van der Waals surface area (Å²) in [6.07, 6.45) is 4.64. The van der Waals surface area contributed by atoms with Crippen LogP contribution in [0.4, 0.5) is 0 Å². The van der Waals surface area contributed by atoms with Crippen LogP contribution in [-0.4, -0.2) is 30.6 Å². The molecule has 5 heteroatoms. The van der Waals surface area contributed by atoms with Crippen LogP contribution >= 0.6 is 11.3 Å². The van der Waals surface area contributed by atoms with E-state index in [2.05, 4.69) is 15.7 Å². The maximum Gasteiger partial charge on any atom is 0.305 e. The van der Waals surface area contributed by atoms with Crippen molar-refractivity contribution in [2.45, 2.75) is 46.0 Å². The molecule has 0 amide bonds. The molecule has 0 bridgehead atoms. The molecule has 0 radical (unpaired) electrons. The highest BCUT2D eigenvalue weighted by Crippen LogP contribution is 2.07. The molecule has 0 aliphatic rings. The Bertz CT molecular complexity index is 366. The van der Waals surface area contributed by atoms with Crippen molar-refractivity contribution in [3.63, 3.8) is 0 Å². The van der Waals surface area contributed by atoms with Crippen molar-refractivity contribution in [1.29, 1.82) is 0 Å². The monoisotopic (exact) mass is 284 g/mol. The largest absolute Gasteiger partial charge is 0.466 e. The summed E-state index contributed by atoms with van der Waals surface area (Å²) in [5.74, 6) is -0.0747. The van der Waals surface area contributed by atoms with Crippen molar-refractivity contribution < 1.29 is 9.53 Å². The van der Waals surface area contributed by atoms with Crippen LogP contribution in [-0.2, 0) is 16.0 Å². The number of carbonyl (C=O) groups is 1. The summed E-state index contributed by atoms with van der Waals surface area (Å²) in [5.41, 5.74) is 1.18. The minimum atomic E-state index is -0.0747. The molecule has 4 nitrogen and oxygen atoms in total. The summed E-state index contributed by atoms with van der Waals surface area (Å²) in [4.78, 5) is 15.5. The maximum atomic E-state index is 11.1. The van der Waals surface area contributed by atoms with Crippen LogP contribution in [0.15, 0.2) is 5.38 Å². The van der Waals surface area contributed by atoms with E-state index < -0.39 is 0 Å². The van der Waals surface area contributed by atoms with Gasteiger partial charge in [-0.2, -0.15) is 0 Å². The van der Waals surface area contributed by atoms with E-state index in [0.29, 0.717) is 13.0 Å². The second-order valence-corrected chi connectivity index (χ2v) is 5.54. The highest BCUT2D eigenvalue weighted by molar-refractivity contribution is 7.09. The molecule has 0 saturated carbocycles. The lowest BCUT2D eigenvalue weighted by atomic mass is 10.2. The van der Waals surface area contributed by atoms with E-state index in [1.165, 1.54) is 5.69 Å². The van der Waals surface area contributed by atoms with Gasteiger partial charge >= 0.3 is 5.97 Å². The summed E-state index contributed by atoms with van der Waals surface area (Å²) >= 11 is 1.70. The number of carbonyl (C=O) groups excluding carboxylic acids is 1. The van der Waals surface area contributed by atoms with E-state index in [4.69, 9.17) is 4.74 Å². The molecule has 0 aliphatic heterocycles. The molecule has 1 aromatic heterocycles. The first kappa shape index (κ1) is 16.1. The lowest BCUT2D eigenvalue weighted by Crippen LogP contribution is -2.18. The number of rotatable bonds is 10. The fraction of sp³-hybridized carbons (Fsp3) is 0.714. The van der Waals surface area contributed by atoms with Crippen LogP contribution in [0, 0.1) is 6.92 Å². The van der Waals surface area contributed by atoms with Crippen molar-refractivity contribution in [2.24, 2.45) is 0 Å². The average Bonchev–Trinajstić information content (AvgIpc) is 2.79. The SMILES string of the molecule is CCOC(=O)CCCCCNCCc1csc(C)n1. The molecule has 0 spiro atoms. The molecule has 1 N–H and O–H groups in total. The van der Waals surface area contributed by atoms with Crippen molar-refractivity contribution in [2.75, 3.05) is 19.7 Å². The first-order chi connectivity index (χ1) is 9.22. The minimum absolute atomic E-state index is 0.0747. The van der Waals surface area contributed by atoms with Gasteiger partial charge in [-0.3, -0.25) is 4.79 Å². The van der Waals surface area contributed by atoms with Crippen LogP contribution in [0.3, 0.4) is 0 Å². The molecule has 0 saturated heterocycles. The standard InChI is InChI=1S/C14H24N2O2S/c1-3-18-14(17)7-5-4-6-9-15-10-8-13-11-19-12(2)16-13/h11,15H,3-10H2,1-2H3. The average molecular weight is 284 g/mol. The van der Waals surface area contributed by atoms with Crippen LogP contribution < -0.4 is 5.32 Å². The van der Waals surface area contributed by atoms with Gasteiger partial charge in [-0.1, -0.05) is 6.42 Å². The third-order valence-electron chi connectivity index (χ3n) is 2.76. The fourth-order valence-electron chi connectivity index (χ4n) is 1.79. The van der Waals surface area contributed by atoms with Crippen LogP contribution in [0.5, 0.6) is 0 Å². The van der Waals surface area contributed by atoms with Gasteiger partial charge < -0.3 is 10.1 Å². The molecular weight excluding hydrogens is 260 g/mol. The molecule has 19 heavy (non-hydrogen) atoms. The van der Waals surface area contributed by atoms with Crippen molar-refractivity contribution >= 4 is 17.3 Å². The first-order valence-corrected chi connectivity index (χ1v) is 7.87. The Hall–Kier alpha value is -0.940. The van der Waals surface area contributed by atoms with Crippen molar-refractivity contribution in [3.8, 4) is 0 Å². The van der Waals surface area contributed by atoms with E-state index in [-0.39, 0.29) is 5.97 Å². The molecule has 0 unspecified atom stereocenters. The second kappa shape index (κ2) is 9.92. The summed E-state index contributed by atoms with van der Waals surface area (Å²) in [6.45, 7) is 6.33. The fourth-order valence-corrected chi connectivity index (χ4v) is 2.44. The number of hydrogen-bond acceptors (Lipinski definition) is 5. The van der Waals surface area contributed by atoms with Gasteiger partial charge in [0.2, 0.25) is 0 Å².